The third kappa shape index (κ3) is 1.35. The molecule has 2 N–H and O–H groups in total. The minimum atomic E-state index is 0.365. The van der Waals surface area contributed by atoms with Crippen LogP contribution in [0.1, 0.15) is 23.5 Å². The molecule has 1 saturated carbocycles. The molecule has 1 aliphatic carbocycles. The Balaban J connectivity index is 2.29. The number of halogens is 1. The fourth-order valence-corrected chi connectivity index (χ4v) is 1.63. The molecule has 64 valence electrons. The molecule has 0 radical (unpaired) electrons. The summed E-state index contributed by atoms with van der Waals surface area (Å²) in [6.45, 7) is 2.01. The maximum absolute atomic E-state index is 5.99. The van der Waals surface area contributed by atoms with Gasteiger partial charge >= 0.3 is 0 Å². The van der Waals surface area contributed by atoms with Gasteiger partial charge in [0.05, 0.1) is 0 Å². The second-order valence-electron chi connectivity index (χ2n) is 3.51. The predicted molar refractivity (Wildman–Crippen MR) is 51.5 cm³/mol. The Bertz CT molecular complexity index is 309. The van der Waals surface area contributed by atoms with Crippen LogP contribution >= 0.6 is 11.6 Å². The van der Waals surface area contributed by atoms with Crippen LogP contribution in [-0.4, -0.2) is 6.04 Å². The predicted octanol–water partition coefficient (Wildman–Crippen LogP) is 2.46. The highest BCUT2D eigenvalue weighted by atomic mass is 35.5. The standard InChI is InChI=1S/C10H12ClN/c1-6-2-3-7(4-9(6)11)8-5-10(8)12/h2-4,8,10H,5,12H2,1H3. The zero-order valence-corrected chi connectivity index (χ0v) is 7.81. The van der Waals surface area contributed by atoms with Crippen LogP contribution in [0.5, 0.6) is 0 Å². The maximum Gasteiger partial charge on any atom is 0.0438 e. The van der Waals surface area contributed by atoms with E-state index < -0.39 is 0 Å². The average Bonchev–Trinajstić information content (AvgIpc) is 2.73. The van der Waals surface area contributed by atoms with Gasteiger partial charge in [0.25, 0.3) is 0 Å². The van der Waals surface area contributed by atoms with Crippen LogP contribution in [0.25, 0.3) is 0 Å². The number of hydrogen-bond acceptors (Lipinski definition) is 1. The van der Waals surface area contributed by atoms with Crippen LogP contribution in [0.15, 0.2) is 18.2 Å². The fourth-order valence-electron chi connectivity index (χ4n) is 1.44. The van der Waals surface area contributed by atoms with Gasteiger partial charge in [-0.15, -0.1) is 0 Å². The summed E-state index contributed by atoms with van der Waals surface area (Å²) in [5.74, 6) is 0.558. The highest BCUT2D eigenvalue weighted by Crippen LogP contribution is 2.39. The maximum atomic E-state index is 5.99. The SMILES string of the molecule is Cc1ccc(C2CC2N)cc1Cl. The van der Waals surface area contributed by atoms with Gasteiger partial charge in [-0.2, -0.15) is 0 Å². The lowest BCUT2D eigenvalue weighted by Crippen LogP contribution is -2.00. The minimum Gasteiger partial charge on any atom is -0.327 e. The van der Waals surface area contributed by atoms with E-state index in [1.807, 2.05) is 13.0 Å². The molecular weight excluding hydrogens is 170 g/mol. The van der Waals surface area contributed by atoms with Crippen LogP contribution in [0, 0.1) is 6.92 Å². The first-order valence-electron chi connectivity index (χ1n) is 4.20. The Morgan fingerprint density at radius 3 is 2.67 bits per heavy atom. The summed E-state index contributed by atoms with van der Waals surface area (Å²) >= 11 is 5.99. The number of rotatable bonds is 1. The van der Waals surface area contributed by atoms with E-state index in [1.54, 1.807) is 0 Å². The number of benzene rings is 1. The van der Waals surface area contributed by atoms with Crippen molar-refractivity contribution >= 4 is 11.6 Å². The van der Waals surface area contributed by atoms with Gasteiger partial charge < -0.3 is 5.73 Å². The first-order valence-corrected chi connectivity index (χ1v) is 4.58. The molecule has 2 heteroatoms. The van der Waals surface area contributed by atoms with Gasteiger partial charge in [-0.3, -0.25) is 0 Å². The molecule has 2 rings (SSSR count). The summed E-state index contributed by atoms with van der Waals surface area (Å²) in [5, 5.41) is 0.853. The largest absolute Gasteiger partial charge is 0.327 e. The lowest BCUT2D eigenvalue weighted by molar-refractivity contribution is 0.990. The van der Waals surface area contributed by atoms with E-state index in [0.29, 0.717) is 12.0 Å². The highest BCUT2D eigenvalue weighted by Gasteiger charge is 2.34. The summed E-state index contributed by atoms with van der Waals surface area (Å²) in [6, 6.07) is 6.58. The van der Waals surface area contributed by atoms with E-state index >= 15 is 0 Å². The molecule has 0 heterocycles. The van der Waals surface area contributed by atoms with Crippen molar-refractivity contribution in [3.05, 3.63) is 34.3 Å². The fraction of sp³-hybridized carbons (Fsp3) is 0.400. The normalized spacial score (nSPS) is 27.2. The van der Waals surface area contributed by atoms with E-state index in [9.17, 15) is 0 Å². The summed E-state index contributed by atoms with van der Waals surface area (Å²) in [4.78, 5) is 0. The summed E-state index contributed by atoms with van der Waals surface area (Å²) in [7, 11) is 0. The molecule has 1 nitrogen and oxygen atoms in total. The van der Waals surface area contributed by atoms with Crippen LogP contribution in [0.2, 0.25) is 5.02 Å². The monoisotopic (exact) mass is 181 g/mol. The molecule has 0 saturated heterocycles. The van der Waals surface area contributed by atoms with Gasteiger partial charge in [-0.1, -0.05) is 23.7 Å². The Labute approximate surface area is 77.5 Å². The van der Waals surface area contributed by atoms with E-state index in [0.717, 1.165) is 17.0 Å². The van der Waals surface area contributed by atoms with Gasteiger partial charge in [-0.25, -0.2) is 0 Å². The third-order valence-corrected chi connectivity index (χ3v) is 2.87. The summed E-state index contributed by atoms with van der Waals surface area (Å²) in [6.07, 6.45) is 1.11. The van der Waals surface area contributed by atoms with Gasteiger partial charge in [-0.05, 0) is 30.5 Å². The Kier molecular flexibility index (Phi) is 1.85. The average molecular weight is 182 g/mol. The number of nitrogens with two attached hydrogens (primary N) is 1. The van der Waals surface area contributed by atoms with Crippen molar-refractivity contribution < 1.29 is 0 Å². The van der Waals surface area contributed by atoms with Gasteiger partial charge in [0.2, 0.25) is 0 Å². The molecule has 0 spiro atoms. The van der Waals surface area contributed by atoms with Gasteiger partial charge in [0, 0.05) is 17.0 Å². The molecule has 2 atom stereocenters. The Hall–Kier alpha value is -0.530. The van der Waals surface area contributed by atoms with E-state index in [4.69, 9.17) is 17.3 Å². The second-order valence-corrected chi connectivity index (χ2v) is 3.92. The Morgan fingerprint density at radius 2 is 2.17 bits per heavy atom. The van der Waals surface area contributed by atoms with Crippen LogP contribution in [-0.2, 0) is 0 Å². The highest BCUT2D eigenvalue weighted by molar-refractivity contribution is 6.31. The van der Waals surface area contributed by atoms with Crippen molar-refractivity contribution in [1.29, 1.82) is 0 Å². The molecule has 1 aromatic carbocycles. The molecule has 0 aromatic heterocycles. The van der Waals surface area contributed by atoms with E-state index in [-0.39, 0.29) is 0 Å². The van der Waals surface area contributed by atoms with E-state index in [2.05, 4.69) is 12.1 Å². The quantitative estimate of drug-likeness (QED) is 0.708. The topological polar surface area (TPSA) is 26.0 Å². The molecule has 0 amide bonds. The van der Waals surface area contributed by atoms with Crippen LogP contribution in [0.3, 0.4) is 0 Å². The van der Waals surface area contributed by atoms with Gasteiger partial charge in [0.15, 0.2) is 0 Å². The summed E-state index contributed by atoms with van der Waals surface area (Å²) in [5.41, 5.74) is 8.17. The first-order chi connectivity index (χ1) is 5.68. The molecule has 0 aliphatic heterocycles. The van der Waals surface area contributed by atoms with Crippen molar-refractivity contribution in [1.82, 2.24) is 0 Å². The second kappa shape index (κ2) is 2.75. The third-order valence-electron chi connectivity index (χ3n) is 2.46. The van der Waals surface area contributed by atoms with Crippen molar-refractivity contribution in [2.75, 3.05) is 0 Å². The number of hydrogen-bond donors (Lipinski definition) is 1. The molecule has 2 unspecified atom stereocenters. The smallest absolute Gasteiger partial charge is 0.0438 e. The van der Waals surface area contributed by atoms with Crippen molar-refractivity contribution in [3.63, 3.8) is 0 Å². The molecule has 1 aliphatic rings. The zero-order chi connectivity index (χ0) is 8.72. The lowest BCUT2D eigenvalue weighted by atomic mass is 10.1. The summed E-state index contributed by atoms with van der Waals surface area (Å²) < 4.78 is 0. The first kappa shape index (κ1) is 8.09. The number of aryl methyl sites for hydroxylation is 1. The molecule has 0 bridgehead atoms. The van der Waals surface area contributed by atoms with Crippen molar-refractivity contribution in [3.8, 4) is 0 Å². The molecule has 1 fully saturated rings. The van der Waals surface area contributed by atoms with Crippen molar-refractivity contribution in [2.45, 2.75) is 25.3 Å². The lowest BCUT2D eigenvalue weighted by Gasteiger charge is -2.01. The molecule has 1 aromatic rings. The minimum absolute atomic E-state index is 0.365. The van der Waals surface area contributed by atoms with E-state index in [1.165, 1.54) is 5.56 Å². The zero-order valence-electron chi connectivity index (χ0n) is 7.05. The molecular formula is C10H12ClN. The van der Waals surface area contributed by atoms with Crippen LogP contribution < -0.4 is 5.73 Å². The van der Waals surface area contributed by atoms with Gasteiger partial charge in [0.1, 0.15) is 0 Å². The Morgan fingerprint density at radius 1 is 1.50 bits per heavy atom. The van der Waals surface area contributed by atoms with Crippen LogP contribution in [0.4, 0.5) is 0 Å². The van der Waals surface area contributed by atoms with Crippen molar-refractivity contribution in [2.24, 2.45) is 5.73 Å². The molecule has 12 heavy (non-hydrogen) atoms.